The lowest BCUT2D eigenvalue weighted by Crippen LogP contribution is -2.09. The summed E-state index contributed by atoms with van der Waals surface area (Å²) < 4.78 is 44.6. The normalized spacial score (nSPS) is 15.8. The second-order valence-corrected chi connectivity index (χ2v) is 5.03. The lowest BCUT2D eigenvalue weighted by Gasteiger charge is -1.99. The van der Waals surface area contributed by atoms with Crippen molar-refractivity contribution in [3.05, 3.63) is 0 Å². The number of nitrogens with zero attached hydrogens (tertiary/aromatic N) is 2. The molecular weight excluding hydrogens is 260 g/mol. The Bertz CT molecular complexity index is 413. The summed E-state index contributed by atoms with van der Waals surface area (Å²) >= 11 is -1.99. The molecule has 0 radical (unpaired) electrons. The Morgan fingerprint density at radius 2 is 1.69 bits per heavy atom. The van der Waals surface area contributed by atoms with Crippen molar-refractivity contribution in [1.82, 2.24) is 0 Å². The van der Waals surface area contributed by atoms with Crippen molar-refractivity contribution in [3.8, 4) is 0 Å². The fraction of sp³-hybridized carbons (Fsp3) is 0.667. The second-order valence-electron chi connectivity index (χ2n) is 2.58. The van der Waals surface area contributed by atoms with Crippen LogP contribution in [0.15, 0.2) is 10.3 Å². The third kappa shape index (κ3) is 7.31. The fourth-order valence-corrected chi connectivity index (χ4v) is 0.853. The molecule has 1 unspecified atom stereocenters. The molecule has 94 valence electrons. The highest BCUT2D eigenvalue weighted by molar-refractivity contribution is 7.85. The van der Waals surface area contributed by atoms with Crippen molar-refractivity contribution in [2.45, 2.75) is 13.8 Å². The molecule has 0 heterocycles. The van der Waals surface area contributed by atoms with Gasteiger partial charge in [0, 0.05) is 0 Å². The van der Waals surface area contributed by atoms with E-state index in [4.69, 9.17) is 0 Å². The van der Waals surface area contributed by atoms with Gasteiger partial charge in [-0.05, 0) is 13.8 Å². The Kier molecular flexibility index (Phi) is 6.14. The lowest BCUT2D eigenvalue weighted by atomic mass is 10.3. The summed E-state index contributed by atoms with van der Waals surface area (Å²) in [6.07, 6.45) is 0.854. The van der Waals surface area contributed by atoms with Gasteiger partial charge in [-0.15, -0.1) is 0 Å². The zero-order chi connectivity index (χ0) is 12.8. The lowest BCUT2D eigenvalue weighted by molar-refractivity contribution is 0.295. The number of hydrogen-bond acceptors (Lipinski definition) is 8. The van der Waals surface area contributed by atoms with Crippen LogP contribution < -0.4 is 0 Å². The molecule has 0 aromatic heterocycles. The number of oxime groups is 2. The minimum Gasteiger partial charge on any atom is -0.268 e. The van der Waals surface area contributed by atoms with Gasteiger partial charge in [-0.3, -0.25) is 12.8 Å². The fourth-order valence-electron chi connectivity index (χ4n) is 0.372. The molecular formula is C6H12N2O6S2. The summed E-state index contributed by atoms with van der Waals surface area (Å²) in [4.78, 5) is 0. The third-order valence-electron chi connectivity index (χ3n) is 1.20. The molecule has 0 N–H and O–H groups in total. The summed E-state index contributed by atoms with van der Waals surface area (Å²) in [6.45, 7) is 2.92. The third-order valence-corrected chi connectivity index (χ3v) is 2.02. The van der Waals surface area contributed by atoms with Gasteiger partial charge >= 0.3 is 21.5 Å². The van der Waals surface area contributed by atoms with Crippen LogP contribution in [-0.4, -0.2) is 37.4 Å². The summed E-state index contributed by atoms with van der Waals surface area (Å²) in [5.41, 5.74) is 0.368. The van der Waals surface area contributed by atoms with Crippen LogP contribution in [0.4, 0.5) is 0 Å². The Morgan fingerprint density at radius 3 is 2.12 bits per heavy atom. The summed E-state index contributed by atoms with van der Waals surface area (Å²) in [6, 6.07) is 0. The molecule has 0 aromatic rings. The van der Waals surface area contributed by atoms with Crippen LogP contribution in [0.1, 0.15) is 13.8 Å². The monoisotopic (exact) mass is 272 g/mol. The first kappa shape index (κ1) is 15.0. The minimum absolute atomic E-state index is 0.165. The molecule has 16 heavy (non-hydrogen) atoms. The first-order chi connectivity index (χ1) is 7.26. The average Bonchev–Trinajstić information content (AvgIpc) is 2.20. The van der Waals surface area contributed by atoms with Gasteiger partial charge in [0.2, 0.25) is 0 Å². The molecule has 10 heteroatoms. The molecule has 0 aromatic carbocycles. The van der Waals surface area contributed by atoms with Crippen LogP contribution >= 0.6 is 0 Å². The van der Waals surface area contributed by atoms with Crippen molar-refractivity contribution < 1.29 is 25.4 Å². The van der Waals surface area contributed by atoms with Crippen LogP contribution in [-0.2, 0) is 34.2 Å². The first-order valence-electron chi connectivity index (χ1n) is 3.88. The van der Waals surface area contributed by atoms with E-state index in [0.717, 1.165) is 6.26 Å². The van der Waals surface area contributed by atoms with Gasteiger partial charge in [0.25, 0.3) is 0 Å². The molecule has 0 aliphatic heterocycles. The van der Waals surface area contributed by atoms with E-state index in [2.05, 4.69) is 23.1 Å². The Balaban J connectivity index is 4.49. The zero-order valence-electron chi connectivity index (χ0n) is 9.16. The average molecular weight is 272 g/mol. The maximum atomic E-state index is 10.6. The summed E-state index contributed by atoms with van der Waals surface area (Å²) in [7, 11) is -2.48. The van der Waals surface area contributed by atoms with Gasteiger partial charge in [0.15, 0.2) is 0 Å². The Hall–Kier alpha value is -1.00. The van der Waals surface area contributed by atoms with E-state index in [9.17, 15) is 12.6 Å². The molecule has 0 aliphatic carbocycles. The molecule has 0 saturated carbocycles. The van der Waals surface area contributed by atoms with E-state index in [1.165, 1.54) is 21.0 Å². The zero-order valence-corrected chi connectivity index (χ0v) is 10.8. The molecule has 0 amide bonds. The van der Waals surface area contributed by atoms with E-state index >= 15 is 0 Å². The van der Waals surface area contributed by atoms with Gasteiger partial charge < -0.3 is 0 Å². The van der Waals surface area contributed by atoms with Crippen molar-refractivity contribution in [3.63, 3.8) is 0 Å². The molecule has 0 aliphatic rings. The number of hydrogen-bond donors (Lipinski definition) is 0. The predicted molar refractivity (Wildman–Crippen MR) is 58.4 cm³/mol. The maximum absolute atomic E-state index is 10.6. The SMILES string of the molecule is COS(=O)O/N=C(C)\C(C)=N/OS(C)(=O)=O. The van der Waals surface area contributed by atoms with Crippen LogP contribution in [0, 0.1) is 0 Å². The molecule has 0 bridgehead atoms. The van der Waals surface area contributed by atoms with Crippen LogP contribution in [0.5, 0.6) is 0 Å². The van der Waals surface area contributed by atoms with E-state index in [0.29, 0.717) is 0 Å². The highest BCUT2D eigenvalue weighted by Crippen LogP contribution is 1.94. The quantitative estimate of drug-likeness (QED) is 0.496. The Morgan fingerprint density at radius 1 is 1.19 bits per heavy atom. The molecule has 0 spiro atoms. The van der Waals surface area contributed by atoms with Crippen LogP contribution in [0.25, 0.3) is 0 Å². The smallest absolute Gasteiger partial charge is 0.268 e. The highest BCUT2D eigenvalue weighted by atomic mass is 32.2. The van der Waals surface area contributed by atoms with Crippen molar-refractivity contribution in [2.24, 2.45) is 10.3 Å². The molecule has 0 rings (SSSR count). The predicted octanol–water partition coefficient (Wildman–Crippen LogP) is -0.0439. The molecule has 0 fully saturated rings. The van der Waals surface area contributed by atoms with E-state index < -0.39 is 21.5 Å². The molecule has 0 saturated heterocycles. The van der Waals surface area contributed by atoms with Crippen LogP contribution in [0.2, 0.25) is 0 Å². The van der Waals surface area contributed by atoms with E-state index in [1.54, 1.807) is 0 Å². The Labute approximate surface area is 96.2 Å². The second kappa shape index (κ2) is 6.55. The van der Waals surface area contributed by atoms with Crippen molar-refractivity contribution in [1.29, 1.82) is 0 Å². The van der Waals surface area contributed by atoms with Gasteiger partial charge in [0.1, 0.15) is 11.4 Å². The molecule has 1 atom stereocenters. The van der Waals surface area contributed by atoms with E-state index in [1.807, 2.05) is 0 Å². The number of rotatable bonds is 6. The summed E-state index contributed by atoms with van der Waals surface area (Å²) in [5, 5.41) is 6.66. The first-order valence-corrected chi connectivity index (χ1v) is 6.70. The summed E-state index contributed by atoms with van der Waals surface area (Å²) in [5.74, 6) is 0. The maximum Gasteiger partial charge on any atom is 0.381 e. The van der Waals surface area contributed by atoms with E-state index in [-0.39, 0.29) is 11.4 Å². The van der Waals surface area contributed by atoms with Gasteiger partial charge in [0.05, 0.1) is 13.4 Å². The molecule has 8 nitrogen and oxygen atoms in total. The van der Waals surface area contributed by atoms with Crippen LogP contribution in [0.3, 0.4) is 0 Å². The van der Waals surface area contributed by atoms with Gasteiger partial charge in [-0.2, -0.15) is 12.6 Å². The van der Waals surface area contributed by atoms with Gasteiger partial charge in [-0.1, -0.05) is 10.3 Å². The van der Waals surface area contributed by atoms with Crippen molar-refractivity contribution >= 4 is 32.9 Å². The standard InChI is InChI=1S/C6H12N2O6S2/c1-5(7-13-15(9)12-3)6(2)8-14-16(4,10)11/h1-4H3/b7-5-,8-6-. The largest absolute Gasteiger partial charge is 0.381 e. The minimum atomic E-state index is -3.66. The van der Waals surface area contributed by atoms with Gasteiger partial charge in [-0.25, -0.2) is 0 Å². The topological polar surface area (TPSA) is 104 Å². The highest BCUT2D eigenvalue weighted by Gasteiger charge is 2.04. The van der Waals surface area contributed by atoms with Crippen molar-refractivity contribution in [2.75, 3.05) is 13.4 Å².